The first-order valence-corrected chi connectivity index (χ1v) is 13.0. The molecular weight excluding hydrogens is 524 g/mol. The second kappa shape index (κ2) is 12.1. The highest BCUT2D eigenvalue weighted by Crippen LogP contribution is 2.32. The highest BCUT2D eigenvalue weighted by Gasteiger charge is 2.34. The number of carboxylic acid groups (broad SMARTS) is 1. The fraction of sp³-hybridized carbons (Fsp3) is 0.370. The minimum Gasteiger partial charge on any atom is -0.497 e. The van der Waals surface area contributed by atoms with Crippen LogP contribution in [0.4, 0.5) is 17.6 Å². The van der Waals surface area contributed by atoms with Crippen molar-refractivity contribution in [3.63, 3.8) is 0 Å². The van der Waals surface area contributed by atoms with Gasteiger partial charge in [0.1, 0.15) is 11.6 Å². The van der Waals surface area contributed by atoms with Gasteiger partial charge in [0, 0.05) is 41.6 Å². The van der Waals surface area contributed by atoms with Crippen molar-refractivity contribution in [3.05, 3.63) is 65.4 Å². The van der Waals surface area contributed by atoms with Crippen LogP contribution in [0, 0.1) is 35.1 Å². The molecule has 1 saturated heterocycles. The molecule has 3 aromatic rings. The Labute approximate surface area is 221 Å². The van der Waals surface area contributed by atoms with Crippen molar-refractivity contribution in [3.8, 4) is 5.75 Å². The van der Waals surface area contributed by atoms with Gasteiger partial charge in [-0.2, -0.15) is 0 Å². The Hall–Kier alpha value is -3.18. The first-order valence-electron chi connectivity index (χ1n) is 12.1. The number of thioether (sulfide) groups is 1. The summed E-state index contributed by atoms with van der Waals surface area (Å²) in [6.07, 6.45) is 1.76. The number of ketones is 1. The number of rotatable bonds is 10. The number of carboxylic acids is 1. The van der Waals surface area contributed by atoms with Gasteiger partial charge in [0.05, 0.1) is 30.3 Å². The predicted molar refractivity (Wildman–Crippen MR) is 135 cm³/mol. The number of carbonyl (C=O) groups excluding carboxylic acids is 1. The van der Waals surface area contributed by atoms with Crippen LogP contribution in [0.1, 0.15) is 29.6 Å². The molecule has 0 radical (unpaired) electrons. The molecule has 4 rings (SSSR count). The highest BCUT2D eigenvalue weighted by molar-refractivity contribution is 7.99. The van der Waals surface area contributed by atoms with E-state index in [0.29, 0.717) is 48.0 Å². The molecular formula is C27H26F4N2O4S. The number of hydrogen-bond acceptors (Lipinski definition) is 6. The zero-order valence-electron chi connectivity index (χ0n) is 20.6. The summed E-state index contributed by atoms with van der Waals surface area (Å²) in [5.41, 5.74) is 0.363. The van der Waals surface area contributed by atoms with E-state index in [9.17, 15) is 32.3 Å². The number of aromatic nitrogens is 1. The van der Waals surface area contributed by atoms with Crippen LogP contribution in [-0.4, -0.2) is 59.2 Å². The smallest absolute Gasteiger partial charge is 0.308 e. The lowest BCUT2D eigenvalue weighted by Crippen LogP contribution is -2.44. The molecule has 1 fully saturated rings. The molecule has 1 aliphatic rings. The van der Waals surface area contributed by atoms with E-state index in [0.717, 1.165) is 24.0 Å². The van der Waals surface area contributed by atoms with Crippen molar-refractivity contribution in [2.45, 2.75) is 24.2 Å². The lowest BCUT2D eigenvalue weighted by Gasteiger charge is -2.36. The Kier molecular flexibility index (Phi) is 8.88. The number of likely N-dealkylation sites (tertiary alicyclic amines) is 1. The van der Waals surface area contributed by atoms with Crippen LogP contribution < -0.4 is 4.74 Å². The molecule has 1 aliphatic heterocycles. The monoisotopic (exact) mass is 550 g/mol. The Balaban J connectivity index is 1.37. The maximum absolute atomic E-state index is 14.6. The van der Waals surface area contributed by atoms with Crippen LogP contribution in [0.15, 0.2) is 41.4 Å². The minimum absolute atomic E-state index is 0.0258. The SMILES string of the molecule is COc1ccc2ncc(F)c(C(=O)CC[C@H]3CCN(CCSc4cc(F)cc(F)c4F)C[C@H]3C(=O)O)c2c1. The number of hydrogen-bond donors (Lipinski definition) is 1. The topological polar surface area (TPSA) is 79.7 Å². The third kappa shape index (κ3) is 6.27. The quantitative estimate of drug-likeness (QED) is 0.153. The summed E-state index contributed by atoms with van der Waals surface area (Å²) in [5.74, 6) is -5.68. The predicted octanol–water partition coefficient (Wildman–Crippen LogP) is 5.58. The first-order chi connectivity index (χ1) is 18.2. The number of piperidine rings is 1. The molecule has 11 heteroatoms. The molecule has 0 spiro atoms. The third-order valence-corrected chi connectivity index (χ3v) is 7.83. The number of benzene rings is 2. The number of ether oxygens (including phenoxy) is 1. The zero-order valence-corrected chi connectivity index (χ0v) is 21.4. The van der Waals surface area contributed by atoms with Crippen molar-refractivity contribution in [2.24, 2.45) is 11.8 Å². The third-order valence-electron chi connectivity index (χ3n) is 6.83. The first kappa shape index (κ1) is 27.8. The van der Waals surface area contributed by atoms with E-state index >= 15 is 0 Å². The number of Topliss-reactive ketones (excluding diaryl/α,β-unsaturated/α-hetero) is 1. The van der Waals surface area contributed by atoms with Crippen molar-refractivity contribution >= 4 is 34.4 Å². The van der Waals surface area contributed by atoms with Gasteiger partial charge in [-0.15, -0.1) is 11.8 Å². The van der Waals surface area contributed by atoms with Gasteiger partial charge in [-0.25, -0.2) is 17.6 Å². The summed E-state index contributed by atoms with van der Waals surface area (Å²) in [6, 6.07) is 6.27. The molecule has 6 nitrogen and oxygen atoms in total. The summed E-state index contributed by atoms with van der Waals surface area (Å²) in [6.45, 7) is 1.17. The number of nitrogens with zero attached hydrogens (tertiary/aromatic N) is 2. The lowest BCUT2D eigenvalue weighted by molar-refractivity contribution is -0.146. The van der Waals surface area contributed by atoms with E-state index < -0.39 is 40.9 Å². The Morgan fingerprint density at radius 1 is 1.16 bits per heavy atom. The largest absolute Gasteiger partial charge is 0.497 e. The van der Waals surface area contributed by atoms with E-state index in [1.165, 1.54) is 7.11 Å². The molecule has 0 aliphatic carbocycles. The van der Waals surface area contributed by atoms with Gasteiger partial charge in [-0.3, -0.25) is 14.6 Å². The number of carbonyl (C=O) groups is 2. The molecule has 0 bridgehead atoms. The maximum Gasteiger partial charge on any atom is 0.308 e. The summed E-state index contributed by atoms with van der Waals surface area (Å²) >= 11 is 0.958. The van der Waals surface area contributed by atoms with Crippen LogP contribution in [0.5, 0.6) is 5.75 Å². The second-order valence-corrected chi connectivity index (χ2v) is 10.3. The van der Waals surface area contributed by atoms with Crippen molar-refractivity contribution in [1.82, 2.24) is 9.88 Å². The normalized spacial score (nSPS) is 18.0. The Morgan fingerprint density at radius 3 is 2.68 bits per heavy atom. The number of pyridine rings is 1. The molecule has 0 amide bonds. The van der Waals surface area contributed by atoms with E-state index in [2.05, 4.69) is 4.98 Å². The Bertz CT molecular complexity index is 1360. The van der Waals surface area contributed by atoms with Crippen LogP contribution >= 0.6 is 11.8 Å². The number of aliphatic carboxylic acids is 1. The van der Waals surface area contributed by atoms with Gasteiger partial charge in [0.2, 0.25) is 0 Å². The van der Waals surface area contributed by atoms with E-state index in [1.807, 2.05) is 4.90 Å². The van der Waals surface area contributed by atoms with Crippen molar-refractivity contribution in [1.29, 1.82) is 0 Å². The van der Waals surface area contributed by atoms with E-state index in [-0.39, 0.29) is 35.8 Å². The molecule has 1 aromatic heterocycles. The average Bonchev–Trinajstić information content (AvgIpc) is 2.89. The summed E-state index contributed by atoms with van der Waals surface area (Å²) in [7, 11) is 1.46. The summed E-state index contributed by atoms with van der Waals surface area (Å²) in [5, 5.41) is 10.2. The second-order valence-electron chi connectivity index (χ2n) is 9.17. The van der Waals surface area contributed by atoms with Crippen LogP contribution in [-0.2, 0) is 4.79 Å². The minimum atomic E-state index is -1.26. The average molecular weight is 551 g/mol. The Morgan fingerprint density at radius 2 is 1.95 bits per heavy atom. The molecule has 2 atom stereocenters. The number of methoxy groups -OCH3 is 1. The number of halogens is 4. The standard InChI is InChI=1S/C27H26F4N2O4S/c1-37-17-3-4-22-18(12-17)25(21(30)13-32-22)23(34)5-2-15-6-7-33(14-19(15)27(35)36)8-9-38-24-11-16(28)10-20(29)26(24)31/h3-4,10-13,15,19H,2,5-9,14H2,1H3,(H,35,36)/t15-,19+/m0/s1. The van der Waals surface area contributed by atoms with Gasteiger partial charge in [-0.1, -0.05) is 0 Å². The fourth-order valence-corrected chi connectivity index (χ4v) is 5.81. The van der Waals surface area contributed by atoms with Gasteiger partial charge in [-0.05, 0) is 49.6 Å². The van der Waals surface area contributed by atoms with Gasteiger partial charge >= 0.3 is 5.97 Å². The van der Waals surface area contributed by atoms with Gasteiger partial charge < -0.3 is 14.7 Å². The maximum atomic E-state index is 14.6. The van der Waals surface area contributed by atoms with Crippen LogP contribution in [0.2, 0.25) is 0 Å². The van der Waals surface area contributed by atoms with Crippen molar-refractivity contribution < 1.29 is 37.0 Å². The molecule has 38 heavy (non-hydrogen) atoms. The van der Waals surface area contributed by atoms with Crippen molar-refractivity contribution in [2.75, 3.05) is 32.5 Å². The summed E-state index contributed by atoms with van der Waals surface area (Å²) in [4.78, 5) is 30.9. The highest BCUT2D eigenvalue weighted by atomic mass is 32.2. The molecule has 2 aromatic carbocycles. The molecule has 1 N–H and O–H groups in total. The molecule has 2 heterocycles. The van der Waals surface area contributed by atoms with Gasteiger partial charge in [0.25, 0.3) is 0 Å². The van der Waals surface area contributed by atoms with Crippen LogP contribution in [0.3, 0.4) is 0 Å². The van der Waals surface area contributed by atoms with Gasteiger partial charge in [0.15, 0.2) is 23.2 Å². The lowest BCUT2D eigenvalue weighted by atomic mass is 9.81. The molecule has 0 unspecified atom stereocenters. The van der Waals surface area contributed by atoms with E-state index in [4.69, 9.17) is 4.74 Å². The van der Waals surface area contributed by atoms with Crippen LogP contribution in [0.25, 0.3) is 10.9 Å². The number of fused-ring (bicyclic) bond motifs is 1. The molecule has 0 saturated carbocycles. The molecule has 202 valence electrons. The summed E-state index contributed by atoms with van der Waals surface area (Å²) < 4.78 is 60.5. The zero-order chi connectivity index (χ0) is 27.4. The fourth-order valence-electron chi connectivity index (χ4n) is 4.82. The van der Waals surface area contributed by atoms with E-state index in [1.54, 1.807) is 18.2 Å².